The molecule has 1 saturated carbocycles. The molecule has 1 amide bonds. The third-order valence-corrected chi connectivity index (χ3v) is 6.75. The average molecular weight is 407 g/mol. The molecule has 134 valence electrons. The van der Waals surface area contributed by atoms with Crippen LogP contribution in [-0.4, -0.2) is 24.8 Å². The SMILES string of the molecule is Cn1ccnc1-c1sc(NC(=O)C2(C)CC2(Cl)Cl)nc1-c1ccccc1. The van der Waals surface area contributed by atoms with Crippen molar-refractivity contribution in [2.24, 2.45) is 12.5 Å². The fraction of sp³-hybridized carbons (Fsp3) is 0.278. The van der Waals surface area contributed by atoms with Gasteiger partial charge in [0.1, 0.15) is 4.33 Å². The van der Waals surface area contributed by atoms with Crippen LogP contribution in [-0.2, 0) is 11.8 Å². The van der Waals surface area contributed by atoms with Crippen LogP contribution in [0.2, 0.25) is 0 Å². The van der Waals surface area contributed by atoms with Crippen LogP contribution in [0.3, 0.4) is 0 Å². The van der Waals surface area contributed by atoms with Crippen LogP contribution < -0.4 is 5.32 Å². The summed E-state index contributed by atoms with van der Waals surface area (Å²) in [5.74, 6) is 0.575. The molecule has 1 aliphatic carbocycles. The van der Waals surface area contributed by atoms with Crippen molar-refractivity contribution in [1.29, 1.82) is 0 Å². The van der Waals surface area contributed by atoms with Gasteiger partial charge in [-0.05, 0) is 13.3 Å². The molecule has 0 radical (unpaired) electrons. The lowest BCUT2D eigenvalue weighted by Gasteiger charge is -2.10. The van der Waals surface area contributed by atoms with Crippen LogP contribution in [0.1, 0.15) is 13.3 Å². The van der Waals surface area contributed by atoms with Gasteiger partial charge in [0.2, 0.25) is 5.91 Å². The van der Waals surface area contributed by atoms with Gasteiger partial charge in [-0.3, -0.25) is 4.79 Å². The smallest absolute Gasteiger partial charge is 0.235 e. The number of carbonyl (C=O) groups excluding carboxylic acids is 1. The number of nitrogens with zero attached hydrogens (tertiary/aromatic N) is 3. The van der Waals surface area contributed by atoms with Gasteiger partial charge in [-0.25, -0.2) is 9.97 Å². The first-order valence-corrected chi connectivity index (χ1v) is 9.62. The molecule has 5 nitrogen and oxygen atoms in total. The number of alkyl halides is 2. The van der Waals surface area contributed by atoms with E-state index in [2.05, 4.69) is 15.3 Å². The van der Waals surface area contributed by atoms with Gasteiger partial charge in [0.25, 0.3) is 0 Å². The van der Waals surface area contributed by atoms with Gasteiger partial charge in [-0.2, -0.15) is 0 Å². The van der Waals surface area contributed by atoms with Crippen LogP contribution in [0.25, 0.3) is 22.0 Å². The average Bonchev–Trinajstić information content (AvgIpc) is 2.98. The number of benzene rings is 1. The summed E-state index contributed by atoms with van der Waals surface area (Å²) in [5.41, 5.74) is 0.950. The Balaban J connectivity index is 1.73. The highest BCUT2D eigenvalue weighted by Crippen LogP contribution is 2.64. The zero-order chi connectivity index (χ0) is 18.5. The minimum absolute atomic E-state index is 0.220. The molecule has 0 saturated heterocycles. The van der Waals surface area contributed by atoms with E-state index in [1.54, 1.807) is 13.1 Å². The van der Waals surface area contributed by atoms with Crippen molar-refractivity contribution < 1.29 is 4.79 Å². The second kappa shape index (κ2) is 6.08. The Morgan fingerprint density at radius 3 is 2.58 bits per heavy atom. The number of imidazole rings is 1. The number of halogens is 2. The quantitative estimate of drug-likeness (QED) is 0.636. The molecule has 4 rings (SSSR count). The second-order valence-electron chi connectivity index (χ2n) is 6.59. The van der Waals surface area contributed by atoms with Gasteiger partial charge >= 0.3 is 0 Å². The minimum Gasteiger partial charge on any atom is -0.333 e. The van der Waals surface area contributed by atoms with E-state index in [-0.39, 0.29) is 5.91 Å². The van der Waals surface area contributed by atoms with Crippen LogP contribution in [0.5, 0.6) is 0 Å². The molecule has 1 aliphatic rings. The summed E-state index contributed by atoms with van der Waals surface area (Å²) in [7, 11) is 1.93. The monoisotopic (exact) mass is 406 g/mol. The van der Waals surface area contributed by atoms with Crippen LogP contribution in [0, 0.1) is 5.41 Å². The van der Waals surface area contributed by atoms with E-state index >= 15 is 0 Å². The summed E-state index contributed by atoms with van der Waals surface area (Å²) in [6, 6.07) is 9.83. The lowest BCUT2D eigenvalue weighted by Crippen LogP contribution is -2.25. The highest BCUT2D eigenvalue weighted by molar-refractivity contribution is 7.19. The summed E-state index contributed by atoms with van der Waals surface area (Å²) >= 11 is 13.6. The first-order valence-electron chi connectivity index (χ1n) is 8.05. The van der Waals surface area contributed by atoms with Crippen molar-refractivity contribution in [3.05, 3.63) is 42.7 Å². The molecule has 1 N–H and O–H groups in total. The fourth-order valence-electron chi connectivity index (χ4n) is 2.78. The number of amides is 1. The molecule has 0 spiro atoms. The Morgan fingerprint density at radius 1 is 1.31 bits per heavy atom. The zero-order valence-corrected chi connectivity index (χ0v) is 16.5. The molecule has 1 fully saturated rings. The van der Waals surface area contributed by atoms with E-state index < -0.39 is 9.75 Å². The predicted molar refractivity (Wildman–Crippen MR) is 106 cm³/mol. The number of hydrogen-bond acceptors (Lipinski definition) is 4. The van der Waals surface area contributed by atoms with E-state index in [4.69, 9.17) is 23.2 Å². The molecule has 2 aromatic heterocycles. The third-order valence-electron chi connectivity index (χ3n) is 4.68. The number of hydrogen-bond donors (Lipinski definition) is 1. The number of thiazole rings is 1. The lowest BCUT2D eigenvalue weighted by molar-refractivity contribution is -0.120. The Bertz CT molecular complexity index is 982. The van der Waals surface area contributed by atoms with Gasteiger partial charge in [0, 0.05) is 25.0 Å². The molecule has 3 aromatic rings. The summed E-state index contributed by atoms with van der Waals surface area (Å²) in [6.45, 7) is 1.76. The maximum atomic E-state index is 12.6. The number of anilines is 1. The summed E-state index contributed by atoms with van der Waals surface area (Å²) in [6.07, 6.45) is 4.05. The van der Waals surface area contributed by atoms with E-state index in [9.17, 15) is 4.79 Å². The van der Waals surface area contributed by atoms with Crippen molar-refractivity contribution >= 4 is 45.6 Å². The number of aromatic nitrogens is 3. The molecular weight excluding hydrogens is 391 g/mol. The van der Waals surface area contributed by atoms with E-state index in [1.165, 1.54) is 11.3 Å². The molecule has 1 atom stereocenters. The fourth-order valence-corrected chi connectivity index (χ4v) is 4.51. The van der Waals surface area contributed by atoms with E-state index in [0.717, 1.165) is 22.0 Å². The molecule has 26 heavy (non-hydrogen) atoms. The normalized spacial score (nSPS) is 20.8. The van der Waals surface area contributed by atoms with E-state index in [1.807, 2.05) is 48.1 Å². The standard InChI is InChI=1S/C18H16Cl2N4OS/c1-17(10-18(17,19)20)15(25)23-16-22-12(11-6-4-3-5-7-11)13(26-16)14-21-8-9-24(14)2/h3-9H,10H2,1-2H3,(H,22,23,25). The van der Waals surface area contributed by atoms with Crippen molar-refractivity contribution in [3.63, 3.8) is 0 Å². The first kappa shape index (κ1) is 17.5. The van der Waals surface area contributed by atoms with Gasteiger partial charge in [-0.1, -0.05) is 41.7 Å². The highest BCUT2D eigenvalue weighted by Gasteiger charge is 2.68. The Labute approximate surface area is 165 Å². The maximum Gasteiger partial charge on any atom is 0.235 e. The molecule has 8 heteroatoms. The van der Waals surface area contributed by atoms with Crippen LogP contribution in [0.4, 0.5) is 5.13 Å². The third kappa shape index (κ3) is 2.82. The van der Waals surface area contributed by atoms with Gasteiger partial charge in [-0.15, -0.1) is 23.2 Å². The first-order chi connectivity index (χ1) is 12.3. The topological polar surface area (TPSA) is 59.8 Å². The summed E-state index contributed by atoms with van der Waals surface area (Å²) in [5, 5.41) is 3.38. The minimum atomic E-state index is -1.01. The number of carbonyl (C=O) groups is 1. The van der Waals surface area contributed by atoms with Gasteiger partial charge < -0.3 is 9.88 Å². The molecule has 0 aliphatic heterocycles. The van der Waals surface area contributed by atoms with Crippen molar-refractivity contribution in [2.45, 2.75) is 17.7 Å². The van der Waals surface area contributed by atoms with Crippen molar-refractivity contribution in [3.8, 4) is 22.0 Å². The molecular formula is C18H16Cl2N4OS. The highest BCUT2D eigenvalue weighted by atomic mass is 35.5. The van der Waals surface area contributed by atoms with Crippen LogP contribution >= 0.6 is 34.5 Å². The Morgan fingerprint density at radius 2 is 2.00 bits per heavy atom. The predicted octanol–water partition coefficient (Wildman–Crippen LogP) is 4.73. The number of aryl methyl sites for hydroxylation is 1. The Hall–Kier alpha value is -1.89. The largest absolute Gasteiger partial charge is 0.333 e. The number of nitrogens with one attached hydrogen (secondary N) is 1. The number of rotatable bonds is 4. The molecule has 0 bridgehead atoms. The molecule has 1 unspecified atom stereocenters. The second-order valence-corrected chi connectivity index (χ2v) is 9.07. The van der Waals surface area contributed by atoms with Gasteiger partial charge in [0.05, 0.1) is 16.0 Å². The van der Waals surface area contributed by atoms with Crippen LogP contribution in [0.15, 0.2) is 42.7 Å². The van der Waals surface area contributed by atoms with Crippen molar-refractivity contribution in [2.75, 3.05) is 5.32 Å². The summed E-state index contributed by atoms with van der Waals surface area (Å²) in [4.78, 5) is 22.6. The lowest BCUT2D eigenvalue weighted by atomic mass is 10.1. The van der Waals surface area contributed by atoms with Gasteiger partial charge in [0.15, 0.2) is 11.0 Å². The molecule has 2 heterocycles. The Kier molecular flexibility index (Phi) is 4.10. The molecule has 1 aromatic carbocycles. The van der Waals surface area contributed by atoms with E-state index in [0.29, 0.717) is 11.6 Å². The maximum absolute atomic E-state index is 12.6. The summed E-state index contributed by atoms with van der Waals surface area (Å²) < 4.78 is 0.912. The zero-order valence-electron chi connectivity index (χ0n) is 14.2. The van der Waals surface area contributed by atoms with Crippen molar-refractivity contribution in [1.82, 2.24) is 14.5 Å².